The highest BCUT2D eigenvalue weighted by Crippen LogP contribution is 1.75. The summed E-state index contributed by atoms with van der Waals surface area (Å²) < 4.78 is 2.24. The molecule has 0 heterocycles. The molecule has 0 fully saturated rings. The lowest BCUT2D eigenvalue weighted by molar-refractivity contribution is 0.743. The second kappa shape index (κ2) is 5.76. The summed E-state index contributed by atoms with van der Waals surface area (Å²) in [6.07, 6.45) is 5.37. The van der Waals surface area contributed by atoms with E-state index in [1.54, 1.807) is 0 Å². The van der Waals surface area contributed by atoms with E-state index in [9.17, 15) is 0 Å². The van der Waals surface area contributed by atoms with Gasteiger partial charge in [0.05, 0.1) is 0 Å². The van der Waals surface area contributed by atoms with Gasteiger partial charge in [0.2, 0.25) is 0 Å². The highest BCUT2D eigenvalue weighted by atomic mass is 28.2. The molecule has 0 unspecified atom stereocenters. The molecule has 0 aliphatic carbocycles. The van der Waals surface area contributed by atoms with Gasteiger partial charge >= 0.3 is 0 Å². The number of rotatable bonds is 3. The minimum absolute atomic E-state index is 0.390. The van der Waals surface area contributed by atoms with Crippen molar-refractivity contribution in [3.8, 4) is 0 Å². The fourth-order valence-electron chi connectivity index (χ4n) is 0.557. The average Bonchev–Trinajstić information content (AvgIpc) is 1.85. The molecule has 0 aliphatic rings. The highest BCUT2D eigenvalue weighted by molar-refractivity contribution is 6.44. The Bertz CT molecular complexity index is 107. The third kappa shape index (κ3) is 5.50. The van der Waals surface area contributed by atoms with Crippen LogP contribution < -0.4 is 0 Å². The molecule has 2 heteroatoms. The number of nitrogens with zero attached hydrogens (tertiary/aromatic N) is 1. The normalized spacial score (nSPS) is 11.4. The molecule has 0 amide bonds. The maximum atomic E-state index is 2.33. The lowest BCUT2D eigenvalue weighted by atomic mass is 10.6. The second-order valence-corrected chi connectivity index (χ2v) is 3.52. The largest absolute Gasteiger partial charge is 0.389 e. The van der Waals surface area contributed by atoms with Crippen LogP contribution >= 0.6 is 0 Å². The summed E-state index contributed by atoms with van der Waals surface area (Å²) in [7, 11) is 2.50. The van der Waals surface area contributed by atoms with Crippen LogP contribution in [-0.2, 0) is 0 Å². The molecule has 0 saturated heterocycles. The smallest absolute Gasteiger partial charge is 0.107 e. The predicted molar refractivity (Wildman–Crippen MR) is 46.1 cm³/mol. The Balaban J connectivity index is 3.48. The molecule has 0 spiro atoms. The van der Waals surface area contributed by atoms with Crippen molar-refractivity contribution in [1.29, 1.82) is 0 Å². The van der Waals surface area contributed by atoms with Crippen LogP contribution in [0, 0.1) is 0 Å². The molecule has 0 aliphatic heterocycles. The first-order valence-corrected chi connectivity index (χ1v) is 4.51. The zero-order valence-electron chi connectivity index (χ0n) is 6.46. The standard InChI is InChI=1S/C7H15NSi/c1-4-6-8(3)9-7-5-2/h4,6-7,9H,5H2,1-3H3. The minimum Gasteiger partial charge on any atom is -0.389 e. The van der Waals surface area contributed by atoms with Crippen LogP contribution in [0.3, 0.4) is 0 Å². The van der Waals surface area contributed by atoms with Crippen molar-refractivity contribution in [2.45, 2.75) is 20.3 Å². The van der Waals surface area contributed by atoms with E-state index in [2.05, 4.69) is 36.5 Å². The van der Waals surface area contributed by atoms with Crippen LogP contribution in [0.5, 0.6) is 0 Å². The molecule has 0 saturated carbocycles. The van der Waals surface area contributed by atoms with Crippen LogP contribution in [0.1, 0.15) is 20.3 Å². The van der Waals surface area contributed by atoms with Crippen molar-refractivity contribution < 1.29 is 0 Å². The minimum atomic E-state index is 0.390. The zero-order valence-corrected chi connectivity index (χ0v) is 7.62. The summed E-state index contributed by atoms with van der Waals surface area (Å²) in [6, 6.07) is 0. The second-order valence-electron chi connectivity index (χ2n) is 1.94. The van der Waals surface area contributed by atoms with Gasteiger partial charge in [-0.05, 0) is 19.5 Å². The molecule has 0 N–H and O–H groups in total. The monoisotopic (exact) mass is 141 g/mol. The van der Waals surface area contributed by atoms with Crippen molar-refractivity contribution in [1.82, 2.24) is 4.57 Å². The van der Waals surface area contributed by atoms with Crippen molar-refractivity contribution in [3.05, 3.63) is 12.3 Å². The van der Waals surface area contributed by atoms with Gasteiger partial charge in [-0.1, -0.05) is 18.7 Å². The maximum Gasteiger partial charge on any atom is 0.107 e. The van der Waals surface area contributed by atoms with E-state index >= 15 is 0 Å². The van der Waals surface area contributed by atoms with Gasteiger partial charge in [0.1, 0.15) is 9.29 Å². The first-order valence-electron chi connectivity index (χ1n) is 3.32. The van der Waals surface area contributed by atoms with Crippen molar-refractivity contribution >= 4 is 15.0 Å². The molecule has 0 aromatic heterocycles. The third-order valence-electron chi connectivity index (χ3n) is 0.960. The first-order chi connectivity index (χ1) is 4.31. The van der Waals surface area contributed by atoms with Gasteiger partial charge in [0.25, 0.3) is 0 Å². The molecule has 1 nitrogen and oxygen atoms in total. The van der Waals surface area contributed by atoms with E-state index in [-0.39, 0.29) is 0 Å². The lowest BCUT2D eigenvalue weighted by Crippen LogP contribution is -2.10. The number of hydrogen-bond acceptors (Lipinski definition) is 1. The quantitative estimate of drug-likeness (QED) is 0.530. The molecule has 9 heavy (non-hydrogen) atoms. The molecule has 0 bridgehead atoms. The van der Waals surface area contributed by atoms with Crippen LogP contribution in [0.2, 0.25) is 0 Å². The van der Waals surface area contributed by atoms with E-state index in [1.165, 1.54) is 6.42 Å². The van der Waals surface area contributed by atoms with Gasteiger partial charge < -0.3 is 4.57 Å². The molecule has 0 atom stereocenters. The molecular weight excluding hydrogens is 126 g/mol. The molecule has 0 rings (SSSR count). The van der Waals surface area contributed by atoms with Crippen LogP contribution in [0.25, 0.3) is 0 Å². The number of hydrogen-bond donors (Lipinski definition) is 0. The van der Waals surface area contributed by atoms with Gasteiger partial charge in [0, 0.05) is 7.05 Å². The molecule has 52 valence electrons. The average molecular weight is 141 g/mol. The van der Waals surface area contributed by atoms with Crippen LogP contribution in [0.15, 0.2) is 12.3 Å². The Hall–Kier alpha value is -0.373. The summed E-state index contributed by atoms with van der Waals surface area (Å²) in [4.78, 5) is 0. The van der Waals surface area contributed by atoms with Gasteiger partial charge in [-0.25, -0.2) is 0 Å². The Morgan fingerprint density at radius 1 is 1.56 bits per heavy atom. The Labute approximate surface area is 59.9 Å². The van der Waals surface area contributed by atoms with Gasteiger partial charge in [-0.15, -0.1) is 0 Å². The fraction of sp³-hybridized carbons (Fsp3) is 0.571. The summed E-state index contributed by atoms with van der Waals surface area (Å²) in [5, 5.41) is 0. The van der Waals surface area contributed by atoms with E-state index in [0.717, 1.165) is 0 Å². The van der Waals surface area contributed by atoms with E-state index in [1.807, 2.05) is 6.92 Å². The summed E-state index contributed by atoms with van der Waals surface area (Å²) in [6.45, 7) is 4.22. The van der Waals surface area contributed by atoms with Gasteiger partial charge in [-0.2, -0.15) is 0 Å². The van der Waals surface area contributed by atoms with E-state index in [0.29, 0.717) is 9.29 Å². The first kappa shape index (κ1) is 8.63. The predicted octanol–water partition coefficient (Wildman–Crippen LogP) is 1.02. The van der Waals surface area contributed by atoms with Crippen LogP contribution in [0.4, 0.5) is 0 Å². The molecule has 0 radical (unpaired) electrons. The van der Waals surface area contributed by atoms with Crippen molar-refractivity contribution in [2.24, 2.45) is 0 Å². The summed E-state index contributed by atoms with van der Waals surface area (Å²) in [5.41, 5.74) is 2.33. The Kier molecular flexibility index (Phi) is 5.52. The maximum absolute atomic E-state index is 2.33. The lowest BCUT2D eigenvalue weighted by Gasteiger charge is -2.04. The summed E-state index contributed by atoms with van der Waals surface area (Å²) >= 11 is 0. The SMILES string of the molecule is CC=CN(C)[SiH]=CCC. The fourth-order valence-corrected chi connectivity index (χ4v) is 1.37. The zero-order chi connectivity index (χ0) is 7.11. The Morgan fingerprint density at radius 2 is 2.22 bits per heavy atom. The van der Waals surface area contributed by atoms with Crippen LogP contribution in [-0.4, -0.2) is 26.6 Å². The van der Waals surface area contributed by atoms with E-state index < -0.39 is 0 Å². The highest BCUT2D eigenvalue weighted by Gasteiger charge is 1.76. The topological polar surface area (TPSA) is 3.24 Å². The Morgan fingerprint density at radius 3 is 2.67 bits per heavy atom. The van der Waals surface area contributed by atoms with Crippen molar-refractivity contribution in [3.63, 3.8) is 0 Å². The van der Waals surface area contributed by atoms with Gasteiger partial charge in [0.15, 0.2) is 0 Å². The van der Waals surface area contributed by atoms with Crippen molar-refractivity contribution in [2.75, 3.05) is 7.05 Å². The summed E-state index contributed by atoms with van der Waals surface area (Å²) in [5.74, 6) is 0. The molecule has 0 aromatic rings. The third-order valence-corrected chi connectivity index (χ3v) is 2.29. The number of allylic oxidation sites excluding steroid dienone is 1. The van der Waals surface area contributed by atoms with E-state index in [4.69, 9.17) is 0 Å². The van der Waals surface area contributed by atoms with Gasteiger partial charge in [-0.3, -0.25) is 0 Å². The molecular formula is C7H15NSi. The molecule has 0 aromatic carbocycles.